The van der Waals surface area contributed by atoms with E-state index in [-0.39, 0.29) is 51.0 Å². The maximum atomic E-state index is 12.8. The quantitative estimate of drug-likeness (QED) is 0.0250. The lowest BCUT2D eigenvalue weighted by Crippen LogP contribution is -2.64. The number of nitrogens with one attached hydrogen (secondary N) is 3. The third kappa shape index (κ3) is 22.3. The fourth-order valence-electron chi connectivity index (χ4n) is 8.02. The number of carbonyl (C=O) groups excluding carboxylic acids is 3. The molecule has 2 rings (SSSR count). The average Bonchev–Trinajstić information content (AvgIpc) is 3.27. The SMILES string of the molecule is C/C=C/C=C/C=C/C=C/[C@H](C)[C@@H](O)[C@@H](C)[C@H](C)OC(=O)C[C@H](O)C[C@H](O)CC[C@@H](O)[C@H](O)C[C@H](O)C[C@]1(O)C[C@H](O)[C@@H](NC(=O)NNC(=O)CCCO)[C@H](C[C@H](C)O[C@@H]2O[C@H](C)[C@@H](O)[C@H](N)[C@@H]2O)O1. The van der Waals surface area contributed by atoms with Crippen LogP contribution < -0.4 is 21.9 Å². The molecule has 398 valence electrons. The molecular formula is C47H82N4O18. The van der Waals surface area contributed by atoms with Gasteiger partial charge in [-0.15, -0.1) is 0 Å². The molecule has 0 saturated carbocycles. The monoisotopic (exact) mass is 991 g/mol. The van der Waals surface area contributed by atoms with E-state index in [1.165, 1.54) is 6.92 Å². The van der Waals surface area contributed by atoms with Gasteiger partial charge in [0.1, 0.15) is 12.2 Å². The number of aliphatic hydroxyl groups is 11. The third-order valence-corrected chi connectivity index (χ3v) is 12.3. The lowest BCUT2D eigenvalue weighted by atomic mass is 9.87. The van der Waals surface area contributed by atoms with E-state index in [9.17, 15) is 65.4 Å². The third-order valence-electron chi connectivity index (χ3n) is 12.3. The molecule has 2 aliphatic rings. The highest BCUT2D eigenvalue weighted by molar-refractivity contribution is 5.81. The van der Waals surface area contributed by atoms with Crippen molar-refractivity contribution in [2.45, 2.75) is 209 Å². The number of rotatable bonds is 28. The summed E-state index contributed by atoms with van der Waals surface area (Å²) in [5.41, 5.74) is 10.2. The number of aliphatic hydroxyl groups excluding tert-OH is 10. The van der Waals surface area contributed by atoms with Gasteiger partial charge in [-0.05, 0) is 53.4 Å². The molecule has 2 heterocycles. The van der Waals surface area contributed by atoms with Crippen molar-refractivity contribution in [3.63, 3.8) is 0 Å². The minimum atomic E-state index is -2.27. The molecule has 0 aromatic heterocycles. The number of esters is 1. The van der Waals surface area contributed by atoms with Gasteiger partial charge in [0, 0.05) is 50.5 Å². The van der Waals surface area contributed by atoms with Crippen LogP contribution in [-0.2, 0) is 28.5 Å². The molecule has 69 heavy (non-hydrogen) atoms. The van der Waals surface area contributed by atoms with Crippen LogP contribution in [0, 0.1) is 11.8 Å². The fraction of sp³-hybridized carbons (Fsp3) is 0.766. The Morgan fingerprint density at radius 2 is 1.51 bits per heavy atom. The molecule has 0 bridgehead atoms. The normalized spacial score (nSPS) is 30.1. The van der Waals surface area contributed by atoms with Crippen molar-refractivity contribution in [3.8, 4) is 0 Å². The lowest BCUT2D eigenvalue weighted by molar-refractivity contribution is -0.304. The van der Waals surface area contributed by atoms with Gasteiger partial charge in [-0.3, -0.25) is 15.0 Å². The Morgan fingerprint density at radius 1 is 0.855 bits per heavy atom. The second kappa shape index (κ2) is 31.1. The Morgan fingerprint density at radius 3 is 2.16 bits per heavy atom. The highest BCUT2D eigenvalue weighted by Crippen LogP contribution is 2.35. The van der Waals surface area contributed by atoms with Crippen LogP contribution in [0.25, 0.3) is 0 Å². The molecule has 0 aromatic rings. The highest BCUT2D eigenvalue weighted by Gasteiger charge is 2.49. The average molecular weight is 991 g/mol. The molecule has 22 heteroatoms. The Bertz CT molecular complexity index is 1640. The summed E-state index contributed by atoms with van der Waals surface area (Å²) in [6.07, 6.45) is -4.97. The summed E-state index contributed by atoms with van der Waals surface area (Å²) < 4.78 is 22.9. The minimum absolute atomic E-state index is 0.0908. The van der Waals surface area contributed by atoms with Crippen molar-refractivity contribution in [2.24, 2.45) is 17.6 Å². The number of nitrogens with two attached hydrogens (primary N) is 1. The minimum Gasteiger partial charge on any atom is -0.462 e. The number of hydrogen-bond donors (Lipinski definition) is 15. The molecule has 16 N–H and O–H groups in total. The number of urea groups is 1. The van der Waals surface area contributed by atoms with Gasteiger partial charge in [0.15, 0.2) is 12.1 Å². The summed E-state index contributed by atoms with van der Waals surface area (Å²) in [5, 5.41) is 119. The summed E-state index contributed by atoms with van der Waals surface area (Å²) in [4.78, 5) is 37.4. The van der Waals surface area contributed by atoms with Gasteiger partial charge < -0.3 is 86.2 Å². The maximum absolute atomic E-state index is 12.8. The first-order valence-corrected chi connectivity index (χ1v) is 23.8. The van der Waals surface area contributed by atoms with Crippen molar-refractivity contribution in [1.29, 1.82) is 0 Å². The molecule has 22 nitrogen and oxygen atoms in total. The predicted molar refractivity (Wildman–Crippen MR) is 250 cm³/mol. The molecule has 0 unspecified atom stereocenters. The van der Waals surface area contributed by atoms with Crippen molar-refractivity contribution in [2.75, 3.05) is 6.61 Å². The van der Waals surface area contributed by atoms with Gasteiger partial charge in [0.05, 0.1) is 85.6 Å². The molecule has 3 amide bonds. The first kappa shape index (κ1) is 61.7. The van der Waals surface area contributed by atoms with Crippen LogP contribution in [0.5, 0.6) is 0 Å². The van der Waals surface area contributed by atoms with Crippen molar-refractivity contribution >= 4 is 17.9 Å². The van der Waals surface area contributed by atoms with E-state index in [0.29, 0.717) is 0 Å². The van der Waals surface area contributed by atoms with E-state index >= 15 is 0 Å². The van der Waals surface area contributed by atoms with Crippen LogP contribution in [0.15, 0.2) is 48.6 Å². The first-order valence-electron chi connectivity index (χ1n) is 23.8. The second-order valence-electron chi connectivity index (χ2n) is 18.5. The molecule has 0 aromatic carbocycles. The van der Waals surface area contributed by atoms with Gasteiger partial charge in [0.2, 0.25) is 5.91 Å². The fourth-order valence-corrected chi connectivity index (χ4v) is 8.02. The number of allylic oxidation sites excluding steroid dienone is 7. The topological polar surface area (TPSA) is 373 Å². The molecule has 0 radical (unpaired) electrons. The van der Waals surface area contributed by atoms with Gasteiger partial charge in [-0.1, -0.05) is 62.5 Å². The second-order valence-corrected chi connectivity index (χ2v) is 18.5. The zero-order valence-electron chi connectivity index (χ0n) is 40.6. The zero-order valence-corrected chi connectivity index (χ0v) is 40.6. The number of carbonyl (C=O) groups is 3. The van der Waals surface area contributed by atoms with Gasteiger partial charge >= 0.3 is 12.0 Å². The van der Waals surface area contributed by atoms with Crippen molar-refractivity contribution < 1.29 is 89.5 Å². The molecule has 0 aliphatic carbocycles. The van der Waals surface area contributed by atoms with Gasteiger partial charge in [-0.25, -0.2) is 10.2 Å². The summed E-state index contributed by atoms with van der Waals surface area (Å²) in [7, 11) is 0. The van der Waals surface area contributed by atoms with E-state index in [4.69, 9.17) is 29.8 Å². The van der Waals surface area contributed by atoms with Crippen LogP contribution in [0.3, 0.4) is 0 Å². The van der Waals surface area contributed by atoms with E-state index in [1.54, 1.807) is 20.8 Å². The Balaban J connectivity index is 1.94. The summed E-state index contributed by atoms with van der Waals surface area (Å²) in [5.74, 6) is -4.32. The Hall–Kier alpha value is -3.43. The van der Waals surface area contributed by atoms with Gasteiger partial charge in [-0.2, -0.15) is 0 Å². The zero-order chi connectivity index (χ0) is 52.0. The Kier molecular flexibility index (Phi) is 27.8. The molecule has 2 fully saturated rings. The van der Waals surface area contributed by atoms with E-state index in [2.05, 4.69) is 16.2 Å². The summed E-state index contributed by atoms with van der Waals surface area (Å²) >= 11 is 0. The molecule has 0 spiro atoms. The summed E-state index contributed by atoms with van der Waals surface area (Å²) in [6.45, 7) is 9.95. The van der Waals surface area contributed by atoms with E-state index < -0.39 is 153 Å². The summed E-state index contributed by atoms with van der Waals surface area (Å²) in [6, 6.07) is -3.34. The van der Waals surface area contributed by atoms with Gasteiger partial charge in [0.25, 0.3) is 0 Å². The molecule has 2 saturated heterocycles. The lowest BCUT2D eigenvalue weighted by Gasteiger charge is -2.46. The van der Waals surface area contributed by atoms with Crippen LogP contribution >= 0.6 is 0 Å². The van der Waals surface area contributed by atoms with Crippen LogP contribution in [0.2, 0.25) is 0 Å². The largest absolute Gasteiger partial charge is 0.462 e. The van der Waals surface area contributed by atoms with Crippen LogP contribution in [-0.4, -0.2) is 184 Å². The van der Waals surface area contributed by atoms with Crippen molar-refractivity contribution in [1.82, 2.24) is 16.2 Å². The number of hydrogen-bond acceptors (Lipinski definition) is 19. The highest BCUT2D eigenvalue weighted by atomic mass is 16.7. The number of amides is 3. The van der Waals surface area contributed by atoms with E-state index in [1.807, 2.05) is 62.5 Å². The molecular weight excluding hydrogens is 909 g/mol. The Labute approximate surface area is 404 Å². The van der Waals surface area contributed by atoms with Crippen LogP contribution in [0.4, 0.5) is 4.79 Å². The maximum Gasteiger partial charge on any atom is 0.333 e. The standard InChI is InChI=1S/C47H82N4O18/c1-7-8-9-10-11-12-13-15-26(2)42(61)28(4)29(5)67-39(60)23-32(54)21-31(53)17-18-34(56)35(57)22-33(55)24-47(65)25-36(58)41(49-46(64)51-50-38(59)16-14-19-52)37(69-47)20-27(3)66-45-44(63)40(48)43(62)30(6)68-45/h7-13,15,26-37,40-45,52-58,61-63,65H,14,16-25,48H2,1-6H3,(H,50,59)(H2,49,51,64)/b8-7+,10-9+,12-11+,15-13+/t26-,27-,28-,29-,30+,31+,32+,33-,34+,35+,36-,37-,40-,41+,42+,43+,44-,45+,47+/m0/s1. The van der Waals surface area contributed by atoms with Crippen molar-refractivity contribution in [3.05, 3.63) is 48.6 Å². The molecule has 19 atom stereocenters. The van der Waals surface area contributed by atoms with E-state index in [0.717, 1.165) is 0 Å². The van der Waals surface area contributed by atoms with Crippen LogP contribution in [0.1, 0.15) is 106 Å². The predicted octanol–water partition coefficient (Wildman–Crippen LogP) is -1.16. The molecule has 2 aliphatic heterocycles. The number of ether oxygens (including phenoxy) is 4. The first-order chi connectivity index (χ1) is 32.4. The number of hydrazine groups is 1. The smallest absolute Gasteiger partial charge is 0.333 e.